The van der Waals surface area contributed by atoms with Gasteiger partial charge in [0.25, 0.3) is 0 Å². The molecule has 1 aromatic carbocycles. The van der Waals surface area contributed by atoms with E-state index in [2.05, 4.69) is 45.9 Å². The van der Waals surface area contributed by atoms with E-state index < -0.39 is 21.8 Å². The topological polar surface area (TPSA) is 90.9 Å². The molecule has 1 saturated heterocycles. The first-order valence-electron chi connectivity index (χ1n) is 14.4. The Labute approximate surface area is 254 Å². The molecule has 1 saturated carbocycles. The molecule has 0 amide bonds. The van der Waals surface area contributed by atoms with Crippen LogP contribution in [0.2, 0.25) is 0 Å². The van der Waals surface area contributed by atoms with Gasteiger partial charge in [0.1, 0.15) is 5.75 Å². The lowest BCUT2D eigenvalue weighted by Crippen LogP contribution is -2.53. The first-order chi connectivity index (χ1) is 19.6. The van der Waals surface area contributed by atoms with E-state index in [-0.39, 0.29) is 43.0 Å². The molecule has 2 atom stereocenters. The number of anilines is 3. The van der Waals surface area contributed by atoms with Crippen molar-refractivity contribution in [2.45, 2.75) is 78.1 Å². The van der Waals surface area contributed by atoms with Gasteiger partial charge in [-0.25, -0.2) is 22.7 Å². The first kappa shape index (κ1) is 34.8. The van der Waals surface area contributed by atoms with Gasteiger partial charge in [-0.15, -0.1) is 0 Å². The normalized spacial score (nSPS) is 20.6. The van der Waals surface area contributed by atoms with Crippen molar-refractivity contribution in [3.8, 4) is 5.75 Å². The Balaban J connectivity index is 0.00000506. The van der Waals surface area contributed by atoms with E-state index in [1.54, 1.807) is 7.11 Å². The van der Waals surface area contributed by atoms with Crippen LogP contribution in [0.5, 0.6) is 5.75 Å². The van der Waals surface area contributed by atoms with Crippen LogP contribution >= 0.6 is 0 Å². The molecule has 1 N–H and O–H groups in total. The molecular formula is C30H47F3N6O3S. The highest BCUT2D eigenvalue weighted by Gasteiger charge is 2.38. The lowest BCUT2D eigenvalue weighted by atomic mass is 9.81. The molecule has 4 rings (SSSR count). The van der Waals surface area contributed by atoms with Crippen molar-refractivity contribution in [3.05, 3.63) is 35.7 Å². The quantitative estimate of drug-likeness (QED) is 0.393. The lowest BCUT2D eigenvalue weighted by Gasteiger charge is -2.43. The van der Waals surface area contributed by atoms with Gasteiger partial charge in [-0.3, -0.25) is 4.90 Å². The zero-order valence-electron chi connectivity index (χ0n) is 25.3. The number of ether oxygens (including phenoxy) is 1. The Bertz CT molecular complexity index is 1340. The molecule has 0 bridgehead atoms. The summed E-state index contributed by atoms with van der Waals surface area (Å²) in [6, 6.07) is 5.30. The highest BCUT2D eigenvalue weighted by molar-refractivity contribution is 7.88. The number of aromatic nitrogens is 2. The summed E-state index contributed by atoms with van der Waals surface area (Å²) in [5, 5.41) is 3.05. The molecule has 2 heterocycles. The minimum absolute atomic E-state index is 0. The molecule has 0 unspecified atom stereocenters. The molecule has 0 radical (unpaired) electrons. The largest absolute Gasteiger partial charge is 0.494 e. The van der Waals surface area contributed by atoms with Gasteiger partial charge in [0.2, 0.25) is 16.0 Å². The molecule has 1 aliphatic heterocycles. The molecule has 13 heteroatoms. The van der Waals surface area contributed by atoms with Crippen molar-refractivity contribution < 1.29 is 26.3 Å². The van der Waals surface area contributed by atoms with Crippen LogP contribution < -0.4 is 15.0 Å². The number of nitrogens with zero attached hydrogens (tertiary/aromatic N) is 5. The van der Waals surface area contributed by atoms with E-state index in [0.717, 1.165) is 57.2 Å². The van der Waals surface area contributed by atoms with Crippen LogP contribution in [-0.4, -0.2) is 85.8 Å². The molecule has 242 valence electrons. The molecule has 2 fully saturated rings. The first-order valence-corrected chi connectivity index (χ1v) is 16.2. The summed E-state index contributed by atoms with van der Waals surface area (Å²) in [5.41, 5.74) is 0.590. The van der Waals surface area contributed by atoms with E-state index in [1.165, 1.54) is 11.4 Å². The second-order valence-corrected chi connectivity index (χ2v) is 14.3. The van der Waals surface area contributed by atoms with Crippen LogP contribution in [0, 0.1) is 5.92 Å². The summed E-state index contributed by atoms with van der Waals surface area (Å²) < 4.78 is 73.4. The molecular weight excluding hydrogens is 581 g/mol. The van der Waals surface area contributed by atoms with Crippen LogP contribution in [0.3, 0.4) is 0 Å². The Morgan fingerprint density at radius 3 is 2.33 bits per heavy atom. The number of alkyl halides is 3. The van der Waals surface area contributed by atoms with Gasteiger partial charge in [0.05, 0.1) is 30.3 Å². The summed E-state index contributed by atoms with van der Waals surface area (Å²) in [7, 11) is -0.457. The number of hydrogen-bond acceptors (Lipinski definition) is 8. The molecule has 1 aromatic heterocycles. The van der Waals surface area contributed by atoms with Gasteiger partial charge in [0.15, 0.2) is 0 Å². The lowest BCUT2D eigenvalue weighted by molar-refractivity contribution is -0.138. The highest BCUT2D eigenvalue weighted by atomic mass is 32.2. The average Bonchev–Trinajstić information content (AvgIpc) is 2.92. The van der Waals surface area contributed by atoms with Crippen molar-refractivity contribution in [2.24, 2.45) is 5.92 Å². The van der Waals surface area contributed by atoms with Gasteiger partial charge in [0, 0.05) is 62.8 Å². The maximum absolute atomic E-state index is 14.0. The smallest absolute Gasteiger partial charge is 0.419 e. The Morgan fingerprint density at radius 2 is 1.74 bits per heavy atom. The van der Waals surface area contributed by atoms with Crippen LogP contribution in [0.15, 0.2) is 24.4 Å². The second-order valence-electron chi connectivity index (χ2n) is 12.3. The van der Waals surface area contributed by atoms with E-state index in [1.807, 2.05) is 18.2 Å². The van der Waals surface area contributed by atoms with E-state index in [9.17, 15) is 21.6 Å². The van der Waals surface area contributed by atoms with Gasteiger partial charge in [-0.2, -0.15) is 13.2 Å². The van der Waals surface area contributed by atoms with Crippen LogP contribution in [0.4, 0.5) is 30.5 Å². The third-order valence-electron chi connectivity index (χ3n) is 8.51. The molecule has 43 heavy (non-hydrogen) atoms. The third-order valence-corrected chi connectivity index (χ3v) is 9.83. The van der Waals surface area contributed by atoms with Gasteiger partial charge in [-0.1, -0.05) is 20.3 Å². The summed E-state index contributed by atoms with van der Waals surface area (Å²) >= 11 is 0. The van der Waals surface area contributed by atoms with Crippen molar-refractivity contribution in [1.82, 2.24) is 19.2 Å². The standard InChI is InChI=1S/C29H43F3N6O3S.CH4/c1-28(2,3)38-15-13-37(14-16-38)21-11-12-23(26(18-21)41-5)34-27-33-19-22(29(30,31)32)24(35-27)17-20-9-7-8-10-25(20)36(4)42(6,39)40;/h11-12,18-20,25H,7-10,13-17H2,1-6H3,(H,33,34,35);1H4/t20-,25+;/m0./s1. The number of benzene rings is 1. The van der Waals surface area contributed by atoms with E-state index in [4.69, 9.17) is 4.74 Å². The summed E-state index contributed by atoms with van der Waals surface area (Å²) in [5.74, 6) is 0.250. The summed E-state index contributed by atoms with van der Waals surface area (Å²) in [6.07, 6.45) is 0.144. The van der Waals surface area contributed by atoms with Crippen LogP contribution in [0.25, 0.3) is 0 Å². The number of nitrogens with one attached hydrogen (secondary N) is 1. The predicted octanol–water partition coefficient (Wildman–Crippen LogP) is 5.80. The SMILES string of the molecule is C.COc1cc(N2CCN(C(C)(C)C)CC2)ccc1Nc1ncc(C(F)(F)F)c(C[C@@H]2CCCC[C@H]2N(C)S(C)(=O)=O)n1. The minimum Gasteiger partial charge on any atom is -0.494 e. The minimum atomic E-state index is -4.64. The van der Waals surface area contributed by atoms with E-state index in [0.29, 0.717) is 24.3 Å². The molecule has 2 aliphatic rings. The average molecular weight is 629 g/mol. The third kappa shape index (κ3) is 8.51. The van der Waals surface area contributed by atoms with Crippen molar-refractivity contribution in [1.29, 1.82) is 0 Å². The van der Waals surface area contributed by atoms with Gasteiger partial charge < -0.3 is 15.0 Å². The summed E-state index contributed by atoms with van der Waals surface area (Å²) in [4.78, 5) is 13.0. The predicted molar refractivity (Wildman–Crippen MR) is 166 cm³/mol. The fraction of sp³-hybridized carbons (Fsp3) is 0.667. The van der Waals surface area contributed by atoms with Gasteiger partial charge >= 0.3 is 6.18 Å². The Morgan fingerprint density at radius 1 is 1.09 bits per heavy atom. The number of piperazine rings is 1. The zero-order valence-corrected chi connectivity index (χ0v) is 26.1. The molecule has 2 aromatic rings. The Kier molecular flexibility index (Phi) is 11.0. The fourth-order valence-electron chi connectivity index (χ4n) is 6.00. The maximum Gasteiger partial charge on any atom is 0.419 e. The Hall–Kier alpha value is -2.64. The second kappa shape index (κ2) is 13.6. The van der Waals surface area contributed by atoms with Crippen LogP contribution in [0.1, 0.15) is 65.1 Å². The van der Waals surface area contributed by atoms with Crippen molar-refractivity contribution >= 4 is 27.3 Å². The molecule has 0 spiro atoms. The van der Waals surface area contributed by atoms with Crippen LogP contribution in [-0.2, 0) is 22.6 Å². The van der Waals surface area contributed by atoms with Crippen molar-refractivity contribution in [2.75, 3.05) is 56.8 Å². The number of sulfonamides is 1. The fourth-order valence-corrected chi connectivity index (χ4v) is 6.77. The number of halogens is 3. The molecule has 9 nitrogen and oxygen atoms in total. The number of methoxy groups -OCH3 is 1. The molecule has 1 aliphatic carbocycles. The number of rotatable bonds is 8. The zero-order chi connectivity index (χ0) is 30.9. The van der Waals surface area contributed by atoms with Gasteiger partial charge in [-0.05, 0) is 58.1 Å². The summed E-state index contributed by atoms with van der Waals surface area (Å²) in [6.45, 7) is 10.3. The van der Waals surface area contributed by atoms with Crippen molar-refractivity contribution in [3.63, 3.8) is 0 Å². The monoisotopic (exact) mass is 628 g/mol. The van der Waals surface area contributed by atoms with E-state index >= 15 is 0 Å². The maximum atomic E-state index is 14.0. The number of hydrogen-bond donors (Lipinski definition) is 1. The highest BCUT2D eigenvalue weighted by Crippen LogP contribution is 2.37.